The molecule has 1 rings (SSSR count). The summed E-state index contributed by atoms with van der Waals surface area (Å²) in [5, 5.41) is 10.8. The minimum atomic E-state index is -0.409. The van der Waals surface area contributed by atoms with Crippen LogP contribution in [0.2, 0.25) is 0 Å². The van der Waals surface area contributed by atoms with E-state index in [1.165, 1.54) is 13.2 Å². The van der Waals surface area contributed by atoms with Gasteiger partial charge < -0.3 is 9.47 Å². The van der Waals surface area contributed by atoms with Gasteiger partial charge in [0.25, 0.3) is 5.69 Å². The molecule has 0 aliphatic rings. The van der Waals surface area contributed by atoms with Crippen LogP contribution < -0.4 is 4.74 Å². The van der Waals surface area contributed by atoms with E-state index in [4.69, 9.17) is 9.47 Å². The average molecular weight is 211 g/mol. The molecule has 0 atom stereocenters. The van der Waals surface area contributed by atoms with Crippen LogP contribution in [-0.4, -0.2) is 25.7 Å². The van der Waals surface area contributed by atoms with Crippen molar-refractivity contribution < 1.29 is 14.4 Å². The van der Waals surface area contributed by atoms with Gasteiger partial charge in [-0.2, -0.15) is 0 Å². The first-order chi connectivity index (χ1) is 7.19. The molecule has 1 aromatic rings. The number of hydrogen-bond acceptors (Lipinski definition) is 4. The normalized spacial score (nSPS) is 10.0. The number of rotatable bonds is 5. The third-order valence-electron chi connectivity index (χ3n) is 2.06. The van der Waals surface area contributed by atoms with E-state index in [1.54, 1.807) is 19.2 Å². The Balaban J connectivity index is 2.98. The summed E-state index contributed by atoms with van der Waals surface area (Å²) in [6, 6.07) is 4.82. The summed E-state index contributed by atoms with van der Waals surface area (Å²) < 4.78 is 9.81. The van der Waals surface area contributed by atoms with Gasteiger partial charge in [-0.25, -0.2) is 0 Å². The molecule has 0 spiro atoms. The summed E-state index contributed by atoms with van der Waals surface area (Å²) >= 11 is 0. The second-order valence-electron chi connectivity index (χ2n) is 2.99. The molecule has 0 heterocycles. The molecule has 0 radical (unpaired) electrons. The molecule has 5 nitrogen and oxygen atoms in total. The lowest BCUT2D eigenvalue weighted by atomic mass is 10.1. The Morgan fingerprint density at radius 2 is 2.13 bits per heavy atom. The van der Waals surface area contributed by atoms with Crippen molar-refractivity contribution >= 4 is 5.69 Å². The van der Waals surface area contributed by atoms with Crippen LogP contribution in [0.3, 0.4) is 0 Å². The van der Waals surface area contributed by atoms with Crippen molar-refractivity contribution in [1.82, 2.24) is 0 Å². The van der Waals surface area contributed by atoms with Crippen molar-refractivity contribution in [2.45, 2.75) is 6.42 Å². The van der Waals surface area contributed by atoms with Crippen molar-refractivity contribution in [2.75, 3.05) is 20.8 Å². The summed E-state index contributed by atoms with van der Waals surface area (Å²) in [6.45, 7) is 0.465. The summed E-state index contributed by atoms with van der Waals surface area (Å²) in [7, 11) is 3.04. The highest BCUT2D eigenvalue weighted by Gasteiger charge is 2.14. The highest BCUT2D eigenvalue weighted by atomic mass is 16.6. The maximum absolute atomic E-state index is 10.8. The van der Waals surface area contributed by atoms with Crippen molar-refractivity contribution in [2.24, 2.45) is 0 Å². The van der Waals surface area contributed by atoms with Crippen LogP contribution in [0.5, 0.6) is 5.75 Å². The largest absolute Gasteiger partial charge is 0.497 e. The number of benzene rings is 1. The standard InChI is InChI=1S/C10H13NO4/c1-14-6-5-8-3-4-9(15-2)7-10(8)11(12)13/h3-4,7H,5-6H2,1-2H3. The smallest absolute Gasteiger partial charge is 0.276 e. The minimum absolute atomic E-state index is 0.0754. The number of nitro benzene ring substituents is 1. The van der Waals surface area contributed by atoms with Crippen LogP contribution in [0.25, 0.3) is 0 Å². The van der Waals surface area contributed by atoms with Crippen molar-refractivity contribution in [1.29, 1.82) is 0 Å². The Hall–Kier alpha value is -1.62. The molecule has 5 heteroatoms. The maximum atomic E-state index is 10.8. The zero-order valence-corrected chi connectivity index (χ0v) is 8.73. The van der Waals surface area contributed by atoms with Gasteiger partial charge in [0.15, 0.2) is 0 Å². The van der Waals surface area contributed by atoms with E-state index in [0.717, 1.165) is 0 Å². The summed E-state index contributed by atoms with van der Waals surface area (Å²) in [5.41, 5.74) is 0.731. The predicted octanol–water partition coefficient (Wildman–Crippen LogP) is 1.79. The fourth-order valence-corrected chi connectivity index (χ4v) is 1.26. The quantitative estimate of drug-likeness (QED) is 0.550. The number of hydrogen-bond donors (Lipinski definition) is 0. The molecule has 0 saturated heterocycles. The Labute approximate surface area is 87.8 Å². The van der Waals surface area contributed by atoms with Gasteiger partial charge in [0.05, 0.1) is 24.7 Å². The van der Waals surface area contributed by atoms with E-state index in [9.17, 15) is 10.1 Å². The van der Waals surface area contributed by atoms with Crippen LogP contribution in [0.15, 0.2) is 18.2 Å². The fourth-order valence-electron chi connectivity index (χ4n) is 1.26. The monoisotopic (exact) mass is 211 g/mol. The van der Waals surface area contributed by atoms with Crippen LogP contribution >= 0.6 is 0 Å². The molecule has 0 amide bonds. The second-order valence-corrected chi connectivity index (χ2v) is 2.99. The first kappa shape index (κ1) is 11.5. The SMILES string of the molecule is COCCc1ccc(OC)cc1[N+](=O)[O-]. The minimum Gasteiger partial charge on any atom is -0.497 e. The van der Waals surface area contributed by atoms with Gasteiger partial charge in [0.2, 0.25) is 0 Å². The Kier molecular flexibility index (Phi) is 4.05. The molecule has 0 aliphatic heterocycles. The molecule has 0 N–H and O–H groups in total. The van der Waals surface area contributed by atoms with E-state index in [2.05, 4.69) is 0 Å². The van der Waals surface area contributed by atoms with E-state index in [0.29, 0.717) is 24.3 Å². The van der Waals surface area contributed by atoms with Gasteiger partial charge in [-0.15, -0.1) is 0 Å². The van der Waals surface area contributed by atoms with Crippen molar-refractivity contribution in [3.05, 3.63) is 33.9 Å². The van der Waals surface area contributed by atoms with Gasteiger partial charge in [-0.1, -0.05) is 0 Å². The molecule has 0 unspecified atom stereocenters. The molecular weight excluding hydrogens is 198 g/mol. The average Bonchev–Trinajstić information content (AvgIpc) is 2.26. The second kappa shape index (κ2) is 5.31. The molecule has 1 aromatic carbocycles. The van der Waals surface area contributed by atoms with Crippen molar-refractivity contribution in [3.63, 3.8) is 0 Å². The molecular formula is C10H13NO4. The van der Waals surface area contributed by atoms with Crippen LogP contribution in [0, 0.1) is 10.1 Å². The van der Waals surface area contributed by atoms with E-state index >= 15 is 0 Å². The summed E-state index contributed by atoms with van der Waals surface area (Å²) in [4.78, 5) is 10.4. The number of methoxy groups -OCH3 is 2. The third-order valence-corrected chi connectivity index (χ3v) is 2.06. The molecule has 0 aromatic heterocycles. The molecule has 0 bridgehead atoms. The Morgan fingerprint density at radius 3 is 2.67 bits per heavy atom. The molecule has 0 saturated carbocycles. The first-order valence-electron chi connectivity index (χ1n) is 4.49. The van der Waals surface area contributed by atoms with Gasteiger partial charge in [-0.05, 0) is 12.1 Å². The highest BCUT2D eigenvalue weighted by molar-refractivity contribution is 5.46. The zero-order valence-electron chi connectivity index (χ0n) is 8.73. The predicted molar refractivity (Wildman–Crippen MR) is 55.2 cm³/mol. The lowest BCUT2D eigenvalue weighted by Crippen LogP contribution is -2.00. The topological polar surface area (TPSA) is 61.6 Å². The Bertz CT molecular complexity index is 351. The van der Waals surface area contributed by atoms with E-state index in [-0.39, 0.29) is 5.69 Å². The van der Waals surface area contributed by atoms with Crippen LogP contribution in [0.1, 0.15) is 5.56 Å². The third kappa shape index (κ3) is 2.92. The lowest BCUT2D eigenvalue weighted by Gasteiger charge is -2.04. The molecule has 0 fully saturated rings. The van der Waals surface area contributed by atoms with Gasteiger partial charge in [0.1, 0.15) is 5.75 Å². The molecule has 0 aliphatic carbocycles. The van der Waals surface area contributed by atoms with Crippen LogP contribution in [0.4, 0.5) is 5.69 Å². The zero-order chi connectivity index (χ0) is 11.3. The summed E-state index contributed by atoms with van der Waals surface area (Å²) in [6.07, 6.45) is 0.525. The van der Waals surface area contributed by atoms with Crippen molar-refractivity contribution in [3.8, 4) is 5.75 Å². The fraction of sp³-hybridized carbons (Fsp3) is 0.400. The highest BCUT2D eigenvalue weighted by Crippen LogP contribution is 2.24. The van der Waals surface area contributed by atoms with Gasteiger partial charge >= 0.3 is 0 Å². The first-order valence-corrected chi connectivity index (χ1v) is 4.49. The Morgan fingerprint density at radius 1 is 1.40 bits per heavy atom. The molecule has 82 valence electrons. The van der Waals surface area contributed by atoms with Gasteiger partial charge in [-0.3, -0.25) is 10.1 Å². The van der Waals surface area contributed by atoms with Gasteiger partial charge in [0, 0.05) is 19.1 Å². The molecule has 15 heavy (non-hydrogen) atoms. The number of ether oxygens (including phenoxy) is 2. The number of nitrogens with zero attached hydrogens (tertiary/aromatic N) is 1. The summed E-state index contributed by atoms with van der Waals surface area (Å²) in [5.74, 6) is 0.489. The lowest BCUT2D eigenvalue weighted by molar-refractivity contribution is -0.385. The van der Waals surface area contributed by atoms with E-state index < -0.39 is 4.92 Å². The number of nitro groups is 1. The van der Waals surface area contributed by atoms with Crippen LogP contribution in [-0.2, 0) is 11.2 Å². The maximum Gasteiger partial charge on any atom is 0.276 e. The van der Waals surface area contributed by atoms with E-state index in [1.807, 2.05) is 0 Å².